The van der Waals surface area contributed by atoms with E-state index in [0.29, 0.717) is 32.6 Å². The molecule has 6 nitrogen and oxygen atoms in total. The van der Waals surface area contributed by atoms with Gasteiger partial charge >= 0.3 is 5.97 Å². The number of carbonyl (C=O) groups excluding carboxylic acids is 2. The van der Waals surface area contributed by atoms with Crippen molar-refractivity contribution in [2.24, 2.45) is 0 Å². The first-order chi connectivity index (χ1) is 12.0. The average Bonchev–Trinajstić information content (AvgIpc) is 3.14. The van der Waals surface area contributed by atoms with Crippen molar-refractivity contribution in [1.29, 1.82) is 5.26 Å². The fraction of sp³-hybridized carbons (Fsp3) is 0.176. The normalized spacial score (nSPS) is 10.4. The summed E-state index contributed by atoms with van der Waals surface area (Å²) in [6.45, 7) is 3.93. The molecular weight excluding hydrogens is 358 g/mol. The van der Waals surface area contributed by atoms with Crippen molar-refractivity contribution < 1.29 is 14.3 Å². The number of thiazole rings is 1. The Hall–Kier alpha value is -2.76. The maximum Gasteiger partial charge on any atom is 0.348 e. The lowest BCUT2D eigenvalue weighted by atomic mass is 10.1. The lowest BCUT2D eigenvalue weighted by Crippen LogP contribution is -2.11. The van der Waals surface area contributed by atoms with Crippen LogP contribution in [0.2, 0.25) is 0 Å². The molecule has 0 radical (unpaired) electrons. The molecule has 8 heteroatoms. The number of esters is 1. The molecule has 0 saturated carbocycles. The summed E-state index contributed by atoms with van der Waals surface area (Å²) < 4.78 is 5.90. The number of rotatable bonds is 4. The first kappa shape index (κ1) is 17.1. The zero-order chi connectivity index (χ0) is 18.0. The molecule has 0 unspecified atom stereocenters. The molecule has 25 heavy (non-hydrogen) atoms. The van der Waals surface area contributed by atoms with Crippen molar-refractivity contribution >= 4 is 49.2 Å². The second kappa shape index (κ2) is 7.01. The summed E-state index contributed by atoms with van der Waals surface area (Å²) in [5, 5.41) is 12.0. The third-order valence-corrected chi connectivity index (χ3v) is 5.82. The largest absolute Gasteiger partial charge is 0.462 e. The molecule has 0 aliphatic rings. The van der Waals surface area contributed by atoms with Gasteiger partial charge < -0.3 is 4.74 Å². The molecule has 0 aliphatic carbocycles. The number of carbonyl (C=O) groups is 2. The number of nitrogens with one attached hydrogen (secondary N) is 1. The van der Waals surface area contributed by atoms with Gasteiger partial charge in [0.25, 0.3) is 5.91 Å². The maximum absolute atomic E-state index is 12.3. The van der Waals surface area contributed by atoms with Crippen LogP contribution in [0.15, 0.2) is 24.3 Å². The Morgan fingerprint density at radius 2 is 2.00 bits per heavy atom. The number of fused-ring (bicyclic) bond motifs is 1. The highest BCUT2D eigenvalue weighted by molar-refractivity contribution is 7.30. The minimum atomic E-state index is -0.349. The zero-order valence-electron chi connectivity index (χ0n) is 13.5. The molecule has 0 aliphatic heterocycles. The molecule has 0 bridgehead atoms. The Morgan fingerprint density at radius 3 is 2.60 bits per heavy atom. The first-order valence-electron chi connectivity index (χ1n) is 7.42. The highest BCUT2D eigenvalue weighted by atomic mass is 32.1. The van der Waals surface area contributed by atoms with Crippen LogP contribution in [0.4, 0.5) is 5.13 Å². The summed E-state index contributed by atoms with van der Waals surface area (Å²) in [4.78, 5) is 29.8. The van der Waals surface area contributed by atoms with Crippen molar-refractivity contribution in [2.75, 3.05) is 11.9 Å². The standard InChI is InChI=1S/C17H13N3O3S2/c1-3-23-16(22)13-9(2)12-15(24-13)20-17(25-12)19-14(21)11-6-4-10(8-18)5-7-11/h4-7H,3H2,1-2H3,(H,19,20,21). The number of nitriles is 1. The molecule has 3 rings (SSSR count). The van der Waals surface area contributed by atoms with Crippen molar-refractivity contribution in [2.45, 2.75) is 13.8 Å². The molecule has 0 atom stereocenters. The number of benzene rings is 1. The van der Waals surface area contributed by atoms with Crippen LogP contribution < -0.4 is 5.32 Å². The van der Waals surface area contributed by atoms with E-state index in [1.807, 2.05) is 13.0 Å². The summed E-state index contributed by atoms with van der Waals surface area (Å²) >= 11 is 2.58. The molecule has 1 amide bonds. The number of thiophene rings is 1. The second-order valence-electron chi connectivity index (χ2n) is 5.07. The van der Waals surface area contributed by atoms with Gasteiger partial charge in [-0.25, -0.2) is 9.78 Å². The Kier molecular flexibility index (Phi) is 4.79. The van der Waals surface area contributed by atoms with Crippen LogP contribution in [-0.2, 0) is 4.74 Å². The van der Waals surface area contributed by atoms with Gasteiger partial charge in [-0.05, 0) is 43.7 Å². The van der Waals surface area contributed by atoms with Crippen LogP contribution in [0.25, 0.3) is 9.53 Å². The fourth-order valence-electron chi connectivity index (χ4n) is 2.20. The molecule has 126 valence electrons. The number of aryl methyl sites for hydroxylation is 1. The van der Waals surface area contributed by atoms with Crippen molar-refractivity contribution in [3.63, 3.8) is 0 Å². The third kappa shape index (κ3) is 3.38. The molecular formula is C17H13N3O3S2. The quantitative estimate of drug-likeness (QED) is 0.701. The number of hydrogen-bond donors (Lipinski definition) is 1. The van der Waals surface area contributed by atoms with Gasteiger partial charge in [0.2, 0.25) is 0 Å². The van der Waals surface area contributed by atoms with Gasteiger partial charge in [-0.1, -0.05) is 11.3 Å². The van der Waals surface area contributed by atoms with Gasteiger partial charge in [-0.15, -0.1) is 11.3 Å². The number of amides is 1. The highest BCUT2D eigenvalue weighted by Crippen LogP contribution is 2.37. The molecule has 0 spiro atoms. The van der Waals surface area contributed by atoms with Crippen LogP contribution >= 0.6 is 22.7 Å². The second-order valence-corrected chi connectivity index (χ2v) is 7.07. The molecule has 2 heterocycles. The van der Waals surface area contributed by atoms with E-state index in [0.717, 1.165) is 10.3 Å². The van der Waals surface area contributed by atoms with Crippen molar-refractivity contribution in [3.05, 3.63) is 45.8 Å². The third-order valence-electron chi connectivity index (χ3n) is 3.43. The molecule has 2 aromatic heterocycles. The summed E-state index contributed by atoms with van der Waals surface area (Å²) in [6.07, 6.45) is 0. The Balaban J connectivity index is 1.81. The van der Waals surface area contributed by atoms with Crippen LogP contribution in [0.5, 0.6) is 0 Å². The monoisotopic (exact) mass is 371 g/mol. The maximum atomic E-state index is 12.3. The van der Waals surface area contributed by atoms with Crippen LogP contribution in [0, 0.1) is 18.3 Å². The molecule has 0 saturated heterocycles. The van der Waals surface area contributed by atoms with Gasteiger partial charge in [-0.3, -0.25) is 10.1 Å². The van der Waals surface area contributed by atoms with E-state index in [1.165, 1.54) is 22.7 Å². The summed E-state index contributed by atoms with van der Waals surface area (Å²) in [5.74, 6) is -0.646. The fourth-order valence-corrected chi connectivity index (χ4v) is 4.41. The van der Waals surface area contributed by atoms with E-state index in [-0.39, 0.29) is 11.9 Å². The Labute approximate surface area is 151 Å². The zero-order valence-corrected chi connectivity index (χ0v) is 15.1. The minimum Gasteiger partial charge on any atom is -0.462 e. The molecule has 3 aromatic rings. The summed E-state index contributed by atoms with van der Waals surface area (Å²) in [7, 11) is 0. The van der Waals surface area contributed by atoms with Gasteiger partial charge in [0.1, 0.15) is 9.71 Å². The van der Waals surface area contributed by atoms with E-state index in [9.17, 15) is 9.59 Å². The topological polar surface area (TPSA) is 92.1 Å². The van der Waals surface area contributed by atoms with Gasteiger partial charge in [0.15, 0.2) is 5.13 Å². The minimum absolute atomic E-state index is 0.297. The number of hydrogen-bond acceptors (Lipinski definition) is 7. The van der Waals surface area contributed by atoms with E-state index < -0.39 is 0 Å². The summed E-state index contributed by atoms with van der Waals surface area (Å²) in [5.41, 5.74) is 1.75. The highest BCUT2D eigenvalue weighted by Gasteiger charge is 2.20. The van der Waals surface area contributed by atoms with Gasteiger partial charge in [0, 0.05) is 5.56 Å². The predicted molar refractivity (Wildman–Crippen MR) is 97.3 cm³/mol. The number of nitrogens with zero attached hydrogens (tertiary/aromatic N) is 2. The van der Waals surface area contributed by atoms with E-state index in [2.05, 4.69) is 10.3 Å². The van der Waals surface area contributed by atoms with E-state index in [1.54, 1.807) is 31.2 Å². The van der Waals surface area contributed by atoms with Crippen molar-refractivity contribution in [3.8, 4) is 6.07 Å². The number of ether oxygens (including phenoxy) is 1. The lowest BCUT2D eigenvalue weighted by molar-refractivity contribution is 0.0531. The SMILES string of the molecule is CCOC(=O)c1sc2nc(NC(=O)c3ccc(C#N)cc3)sc2c1C. The number of anilines is 1. The van der Waals surface area contributed by atoms with E-state index >= 15 is 0 Å². The van der Waals surface area contributed by atoms with E-state index in [4.69, 9.17) is 10.00 Å². The average molecular weight is 371 g/mol. The van der Waals surface area contributed by atoms with Crippen molar-refractivity contribution in [1.82, 2.24) is 4.98 Å². The lowest BCUT2D eigenvalue weighted by Gasteiger charge is -2.01. The summed E-state index contributed by atoms with van der Waals surface area (Å²) in [6, 6.07) is 8.37. The number of aromatic nitrogens is 1. The molecule has 1 aromatic carbocycles. The smallest absolute Gasteiger partial charge is 0.348 e. The Bertz CT molecular complexity index is 997. The predicted octanol–water partition coefficient (Wildman–Crippen LogP) is 3.97. The molecule has 0 fully saturated rings. The molecule has 1 N–H and O–H groups in total. The Morgan fingerprint density at radius 1 is 1.28 bits per heavy atom. The van der Waals surface area contributed by atoms with Crippen LogP contribution in [0.1, 0.15) is 38.1 Å². The van der Waals surface area contributed by atoms with Gasteiger partial charge in [0.05, 0.1) is 22.9 Å². The van der Waals surface area contributed by atoms with Crippen LogP contribution in [-0.4, -0.2) is 23.5 Å². The van der Waals surface area contributed by atoms with Crippen LogP contribution in [0.3, 0.4) is 0 Å². The van der Waals surface area contributed by atoms with Gasteiger partial charge in [-0.2, -0.15) is 5.26 Å². The first-order valence-corrected chi connectivity index (χ1v) is 9.05.